The number of nitrogens with one attached hydrogen (secondary N) is 1. The fraction of sp³-hybridized carbons (Fsp3) is 0.185. The van der Waals surface area contributed by atoms with Crippen molar-refractivity contribution < 1.29 is 4.79 Å². The van der Waals surface area contributed by atoms with E-state index in [1.807, 2.05) is 52.0 Å². The van der Waals surface area contributed by atoms with E-state index in [1.54, 1.807) is 0 Å². The first kappa shape index (κ1) is 21.3. The molecular formula is C27H25BrN2O. The molecule has 0 atom stereocenters. The molecule has 4 heteroatoms. The van der Waals surface area contributed by atoms with Crippen LogP contribution in [0.25, 0.3) is 22.2 Å². The molecule has 0 radical (unpaired) electrons. The highest BCUT2D eigenvalue weighted by Gasteiger charge is 2.17. The second-order valence-corrected chi connectivity index (χ2v) is 9.07. The van der Waals surface area contributed by atoms with E-state index in [1.165, 1.54) is 5.56 Å². The Morgan fingerprint density at radius 2 is 1.45 bits per heavy atom. The van der Waals surface area contributed by atoms with Gasteiger partial charge in [0.15, 0.2) is 0 Å². The Balaban J connectivity index is 1.86. The highest BCUT2D eigenvalue weighted by molar-refractivity contribution is 9.10. The van der Waals surface area contributed by atoms with Gasteiger partial charge < -0.3 is 5.32 Å². The van der Waals surface area contributed by atoms with Gasteiger partial charge in [-0.05, 0) is 75.6 Å². The van der Waals surface area contributed by atoms with Crippen LogP contribution in [-0.2, 0) is 0 Å². The average molecular weight is 473 g/mol. The quantitative estimate of drug-likeness (QED) is 0.336. The Bertz CT molecular complexity index is 1300. The van der Waals surface area contributed by atoms with E-state index >= 15 is 0 Å². The first-order chi connectivity index (χ1) is 14.7. The van der Waals surface area contributed by atoms with Crippen molar-refractivity contribution in [3.8, 4) is 11.3 Å². The lowest BCUT2D eigenvalue weighted by atomic mass is 9.99. The van der Waals surface area contributed by atoms with Crippen LogP contribution < -0.4 is 5.32 Å². The number of fused-ring (bicyclic) bond motifs is 1. The van der Waals surface area contributed by atoms with E-state index in [2.05, 4.69) is 58.5 Å². The predicted molar refractivity (Wildman–Crippen MR) is 133 cm³/mol. The van der Waals surface area contributed by atoms with Crippen molar-refractivity contribution >= 4 is 38.4 Å². The first-order valence-corrected chi connectivity index (χ1v) is 11.1. The number of amides is 1. The van der Waals surface area contributed by atoms with Crippen molar-refractivity contribution in [3.05, 3.63) is 92.5 Å². The van der Waals surface area contributed by atoms with Crippen LogP contribution in [0.15, 0.2) is 59.1 Å². The summed E-state index contributed by atoms with van der Waals surface area (Å²) in [4.78, 5) is 18.4. The minimum atomic E-state index is -0.133. The van der Waals surface area contributed by atoms with Gasteiger partial charge >= 0.3 is 0 Å². The van der Waals surface area contributed by atoms with Crippen LogP contribution in [0.1, 0.15) is 38.2 Å². The van der Waals surface area contributed by atoms with E-state index in [0.29, 0.717) is 5.56 Å². The van der Waals surface area contributed by atoms with E-state index in [4.69, 9.17) is 4.98 Å². The molecule has 4 rings (SSSR count). The van der Waals surface area contributed by atoms with Gasteiger partial charge in [-0.25, -0.2) is 4.98 Å². The van der Waals surface area contributed by atoms with Crippen LogP contribution in [0.5, 0.6) is 0 Å². The third-order valence-corrected chi connectivity index (χ3v) is 6.79. The molecule has 0 unspecified atom stereocenters. The largest absolute Gasteiger partial charge is 0.322 e. The molecule has 4 aromatic rings. The molecule has 0 saturated carbocycles. The van der Waals surface area contributed by atoms with E-state index in [9.17, 15) is 4.79 Å². The highest BCUT2D eigenvalue weighted by atomic mass is 79.9. The minimum Gasteiger partial charge on any atom is -0.322 e. The number of halogens is 1. The molecule has 0 saturated heterocycles. The Kier molecular flexibility index (Phi) is 5.67. The molecule has 31 heavy (non-hydrogen) atoms. The second-order valence-electron chi connectivity index (χ2n) is 8.28. The van der Waals surface area contributed by atoms with Gasteiger partial charge in [-0.15, -0.1) is 0 Å². The van der Waals surface area contributed by atoms with Crippen molar-refractivity contribution in [3.63, 3.8) is 0 Å². The SMILES string of the molecule is Cc1ccc(-c2cc(C(=O)Nc3cc(C)c(Br)c(C)c3)c3cc(C)cc(C)c3n2)cc1. The molecule has 0 aliphatic carbocycles. The number of rotatable bonds is 3. The number of anilines is 1. The maximum Gasteiger partial charge on any atom is 0.256 e. The number of aromatic nitrogens is 1. The van der Waals surface area contributed by atoms with Crippen LogP contribution in [0.3, 0.4) is 0 Å². The number of nitrogens with zero attached hydrogens (tertiary/aromatic N) is 1. The molecule has 0 aliphatic rings. The molecule has 1 aromatic heterocycles. The number of carbonyl (C=O) groups is 1. The Labute approximate surface area is 191 Å². The summed E-state index contributed by atoms with van der Waals surface area (Å²) >= 11 is 3.59. The first-order valence-electron chi connectivity index (χ1n) is 10.3. The standard InChI is InChI=1S/C27H25BrN2O/c1-15-6-8-20(9-7-15)24-14-23(22-11-16(2)10-19(5)26(22)30-24)27(31)29-21-12-17(3)25(28)18(4)13-21/h6-14H,1-5H3,(H,29,31). The zero-order valence-corrected chi connectivity index (χ0v) is 20.0. The van der Waals surface area contributed by atoms with Crippen molar-refractivity contribution in [2.75, 3.05) is 5.32 Å². The summed E-state index contributed by atoms with van der Waals surface area (Å²) in [5, 5.41) is 3.97. The van der Waals surface area contributed by atoms with Crippen LogP contribution in [-0.4, -0.2) is 10.9 Å². The van der Waals surface area contributed by atoms with Crippen molar-refractivity contribution in [2.24, 2.45) is 0 Å². The van der Waals surface area contributed by atoms with Crippen molar-refractivity contribution in [2.45, 2.75) is 34.6 Å². The Morgan fingerprint density at radius 1 is 0.806 bits per heavy atom. The predicted octanol–water partition coefficient (Wildman–Crippen LogP) is 7.46. The number of benzene rings is 3. The number of hydrogen-bond donors (Lipinski definition) is 1. The lowest BCUT2D eigenvalue weighted by Crippen LogP contribution is -2.14. The normalized spacial score (nSPS) is 11.0. The fourth-order valence-electron chi connectivity index (χ4n) is 3.96. The maximum absolute atomic E-state index is 13.4. The summed E-state index contributed by atoms with van der Waals surface area (Å²) in [7, 11) is 0. The molecule has 3 nitrogen and oxygen atoms in total. The summed E-state index contributed by atoms with van der Waals surface area (Å²) in [5.74, 6) is -0.133. The van der Waals surface area contributed by atoms with Crippen LogP contribution in [0.2, 0.25) is 0 Å². The highest BCUT2D eigenvalue weighted by Crippen LogP contribution is 2.30. The molecule has 1 amide bonds. The van der Waals surface area contributed by atoms with Crippen molar-refractivity contribution in [1.29, 1.82) is 0 Å². The lowest BCUT2D eigenvalue weighted by Gasteiger charge is -2.14. The van der Waals surface area contributed by atoms with Gasteiger partial charge in [0.05, 0.1) is 16.8 Å². The topological polar surface area (TPSA) is 42.0 Å². The van der Waals surface area contributed by atoms with Gasteiger partial charge in [-0.3, -0.25) is 4.79 Å². The summed E-state index contributed by atoms with van der Waals surface area (Å²) in [6, 6.07) is 18.3. The molecule has 0 aliphatic heterocycles. The summed E-state index contributed by atoms with van der Waals surface area (Å²) < 4.78 is 1.06. The van der Waals surface area contributed by atoms with Gasteiger partial charge in [-0.1, -0.05) is 57.4 Å². The van der Waals surface area contributed by atoms with Gasteiger partial charge in [0.1, 0.15) is 0 Å². The van der Waals surface area contributed by atoms with Crippen molar-refractivity contribution in [1.82, 2.24) is 4.98 Å². The molecule has 156 valence electrons. The van der Waals surface area contributed by atoms with Gasteiger partial charge in [-0.2, -0.15) is 0 Å². The number of carbonyl (C=O) groups excluding carboxylic acids is 1. The fourth-order valence-corrected chi connectivity index (χ4v) is 4.19. The minimum absolute atomic E-state index is 0.133. The molecule has 3 aromatic carbocycles. The monoisotopic (exact) mass is 472 g/mol. The third-order valence-electron chi connectivity index (χ3n) is 5.53. The molecular weight excluding hydrogens is 448 g/mol. The van der Waals surface area contributed by atoms with E-state index < -0.39 is 0 Å². The molecule has 0 bridgehead atoms. The average Bonchev–Trinajstić information content (AvgIpc) is 2.72. The van der Waals surface area contributed by atoms with Crippen LogP contribution in [0, 0.1) is 34.6 Å². The smallest absolute Gasteiger partial charge is 0.256 e. The second kappa shape index (κ2) is 8.27. The zero-order chi connectivity index (χ0) is 22.3. The van der Waals surface area contributed by atoms with E-state index in [-0.39, 0.29) is 5.91 Å². The summed E-state index contributed by atoms with van der Waals surface area (Å²) in [5.41, 5.74) is 9.60. The molecule has 0 spiro atoms. The number of hydrogen-bond acceptors (Lipinski definition) is 2. The lowest BCUT2D eigenvalue weighted by molar-refractivity contribution is 0.102. The van der Waals surface area contributed by atoms with Crippen LogP contribution in [0.4, 0.5) is 5.69 Å². The van der Waals surface area contributed by atoms with E-state index in [0.717, 1.165) is 54.6 Å². The Hall–Kier alpha value is -2.98. The summed E-state index contributed by atoms with van der Waals surface area (Å²) in [6.07, 6.45) is 0. The third kappa shape index (κ3) is 4.26. The molecule has 1 N–H and O–H groups in total. The molecule has 1 heterocycles. The number of pyridine rings is 1. The zero-order valence-electron chi connectivity index (χ0n) is 18.4. The number of aryl methyl sites for hydroxylation is 5. The molecule has 0 fully saturated rings. The summed E-state index contributed by atoms with van der Waals surface area (Å²) in [6.45, 7) is 10.2. The Morgan fingerprint density at radius 3 is 2.10 bits per heavy atom. The van der Waals surface area contributed by atoms with Gasteiger partial charge in [0, 0.05) is 21.1 Å². The van der Waals surface area contributed by atoms with Gasteiger partial charge in [0.25, 0.3) is 5.91 Å². The van der Waals surface area contributed by atoms with Crippen LogP contribution >= 0.6 is 15.9 Å². The maximum atomic E-state index is 13.4. The van der Waals surface area contributed by atoms with Gasteiger partial charge in [0.2, 0.25) is 0 Å².